The average molecular weight is 384 g/mol. The maximum absolute atomic E-state index is 12.5. The minimum atomic E-state index is -0.222. The maximum Gasteiger partial charge on any atom is 0.256 e. The largest absolute Gasteiger partial charge is 0.486 e. The lowest BCUT2D eigenvalue weighted by Gasteiger charge is -2.08. The third-order valence-electron chi connectivity index (χ3n) is 4.52. The number of carbonyl (C=O) groups is 1. The van der Waals surface area contributed by atoms with Crippen molar-refractivity contribution in [2.45, 2.75) is 6.61 Å². The van der Waals surface area contributed by atoms with Crippen molar-refractivity contribution in [1.29, 1.82) is 0 Å². The molecule has 0 fully saturated rings. The molecule has 1 amide bonds. The van der Waals surface area contributed by atoms with Crippen LogP contribution in [0, 0.1) is 0 Å². The topological polar surface area (TPSA) is 69.0 Å². The molecule has 0 aliphatic carbocycles. The Morgan fingerprint density at radius 2 is 1.76 bits per heavy atom. The Morgan fingerprint density at radius 1 is 0.966 bits per heavy atom. The van der Waals surface area contributed by atoms with Gasteiger partial charge in [0.1, 0.15) is 24.0 Å². The third kappa shape index (κ3) is 4.50. The highest BCUT2D eigenvalue weighted by atomic mass is 16.5. The normalized spacial score (nSPS) is 10.5. The van der Waals surface area contributed by atoms with Crippen molar-refractivity contribution in [3.05, 3.63) is 96.7 Å². The number of pyridine rings is 1. The summed E-state index contributed by atoms with van der Waals surface area (Å²) in [5, 5.41) is 2.81. The van der Waals surface area contributed by atoms with Gasteiger partial charge in [-0.2, -0.15) is 0 Å². The number of rotatable bonds is 6. The van der Waals surface area contributed by atoms with Crippen LogP contribution in [0.3, 0.4) is 0 Å². The molecule has 0 saturated heterocycles. The molecule has 0 aliphatic heterocycles. The van der Waals surface area contributed by atoms with Crippen molar-refractivity contribution >= 4 is 11.7 Å². The maximum atomic E-state index is 12.5. The number of hydrogen-bond acceptors (Lipinski definition) is 4. The zero-order valence-corrected chi connectivity index (χ0v) is 15.9. The highest BCUT2D eigenvalue weighted by molar-refractivity contribution is 6.03. The van der Waals surface area contributed by atoms with Crippen molar-refractivity contribution in [2.24, 2.45) is 7.05 Å². The fourth-order valence-corrected chi connectivity index (χ4v) is 2.84. The van der Waals surface area contributed by atoms with Gasteiger partial charge in [-0.1, -0.05) is 30.3 Å². The molecule has 1 N–H and O–H groups in total. The van der Waals surface area contributed by atoms with E-state index in [-0.39, 0.29) is 5.91 Å². The summed E-state index contributed by atoms with van der Waals surface area (Å²) in [5.74, 6) is 1.79. The van der Waals surface area contributed by atoms with Gasteiger partial charge in [-0.15, -0.1) is 0 Å². The number of benzene rings is 2. The summed E-state index contributed by atoms with van der Waals surface area (Å²) in [7, 11) is 1.92. The Bertz CT molecular complexity index is 1090. The molecule has 144 valence electrons. The van der Waals surface area contributed by atoms with Gasteiger partial charge in [0.25, 0.3) is 5.91 Å². The van der Waals surface area contributed by atoms with Gasteiger partial charge >= 0.3 is 0 Å². The smallest absolute Gasteiger partial charge is 0.256 e. The van der Waals surface area contributed by atoms with Crippen molar-refractivity contribution in [2.75, 3.05) is 5.32 Å². The van der Waals surface area contributed by atoms with E-state index in [2.05, 4.69) is 15.3 Å². The zero-order chi connectivity index (χ0) is 20.1. The van der Waals surface area contributed by atoms with Gasteiger partial charge in [-0.05, 0) is 42.0 Å². The van der Waals surface area contributed by atoms with Crippen LogP contribution < -0.4 is 10.1 Å². The number of anilines is 1. The highest BCUT2D eigenvalue weighted by Crippen LogP contribution is 2.20. The fraction of sp³-hybridized carbons (Fsp3) is 0.0870. The van der Waals surface area contributed by atoms with E-state index < -0.39 is 0 Å². The monoisotopic (exact) mass is 384 g/mol. The lowest BCUT2D eigenvalue weighted by Crippen LogP contribution is -2.12. The van der Waals surface area contributed by atoms with Crippen molar-refractivity contribution in [1.82, 2.24) is 14.5 Å². The van der Waals surface area contributed by atoms with Crippen LogP contribution >= 0.6 is 0 Å². The van der Waals surface area contributed by atoms with Gasteiger partial charge in [0, 0.05) is 36.8 Å². The first kappa shape index (κ1) is 18.4. The standard InChI is InChI=1S/C23H20N4O2/c1-27-14-13-24-22(27)16-29-20-10-7-18(8-11-20)23(28)26-21-12-9-19(15-25-21)17-5-3-2-4-6-17/h2-15H,16H2,1H3,(H,25,26,28). The van der Waals surface area contributed by atoms with Crippen LogP contribution in [0.1, 0.15) is 16.2 Å². The minimum absolute atomic E-state index is 0.222. The number of carbonyl (C=O) groups excluding carboxylic acids is 1. The Labute approximate surface area is 168 Å². The van der Waals surface area contributed by atoms with Crippen LogP contribution in [0.15, 0.2) is 85.3 Å². The van der Waals surface area contributed by atoms with Crippen LogP contribution in [-0.2, 0) is 13.7 Å². The molecule has 0 atom stereocenters. The number of amides is 1. The molecule has 2 aromatic heterocycles. The van der Waals surface area contributed by atoms with E-state index in [1.54, 1.807) is 42.7 Å². The van der Waals surface area contributed by atoms with Crippen LogP contribution in [0.25, 0.3) is 11.1 Å². The van der Waals surface area contributed by atoms with Gasteiger partial charge in [-0.3, -0.25) is 4.79 Å². The molecule has 0 saturated carbocycles. The minimum Gasteiger partial charge on any atom is -0.486 e. The van der Waals surface area contributed by atoms with E-state index in [0.717, 1.165) is 17.0 Å². The zero-order valence-electron chi connectivity index (χ0n) is 15.9. The number of imidazole rings is 1. The second-order valence-electron chi connectivity index (χ2n) is 6.52. The summed E-state index contributed by atoms with van der Waals surface area (Å²) in [6, 6.07) is 20.7. The van der Waals surface area contributed by atoms with E-state index in [1.807, 2.05) is 54.2 Å². The van der Waals surface area contributed by atoms with Crippen LogP contribution in [0.5, 0.6) is 5.75 Å². The molecule has 0 unspecified atom stereocenters. The molecule has 4 rings (SSSR count). The van der Waals surface area contributed by atoms with E-state index in [0.29, 0.717) is 23.7 Å². The number of aryl methyl sites for hydroxylation is 1. The van der Waals surface area contributed by atoms with Gasteiger partial charge in [-0.25, -0.2) is 9.97 Å². The molecule has 6 heteroatoms. The lowest BCUT2D eigenvalue weighted by atomic mass is 10.1. The second kappa shape index (κ2) is 8.39. The van der Waals surface area contributed by atoms with Crippen molar-refractivity contribution < 1.29 is 9.53 Å². The van der Waals surface area contributed by atoms with Crippen LogP contribution in [0.4, 0.5) is 5.82 Å². The summed E-state index contributed by atoms with van der Waals surface area (Å²) in [4.78, 5) is 21.0. The van der Waals surface area contributed by atoms with E-state index in [4.69, 9.17) is 4.74 Å². The Balaban J connectivity index is 1.36. The van der Waals surface area contributed by atoms with Gasteiger partial charge < -0.3 is 14.6 Å². The summed E-state index contributed by atoms with van der Waals surface area (Å²) in [6.45, 7) is 0.368. The van der Waals surface area contributed by atoms with E-state index in [1.165, 1.54) is 0 Å². The molecule has 2 heterocycles. The SMILES string of the molecule is Cn1ccnc1COc1ccc(C(=O)Nc2ccc(-c3ccccc3)cn2)cc1. The van der Waals surface area contributed by atoms with Gasteiger partial charge in [0.2, 0.25) is 0 Å². The van der Waals surface area contributed by atoms with E-state index in [9.17, 15) is 4.79 Å². The Hall–Kier alpha value is -3.93. The predicted octanol–water partition coefficient (Wildman–Crippen LogP) is 4.31. The molecule has 29 heavy (non-hydrogen) atoms. The summed E-state index contributed by atoms with van der Waals surface area (Å²) >= 11 is 0. The predicted molar refractivity (Wildman–Crippen MR) is 112 cm³/mol. The first-order valence-electron chi connectivity index (χ1n) is 9.21. The molecule has 6 nitrogen and oxygen atoms in total. The number of nitrogens with one attached hydrogen (secondary N) is 1. The summed E-state index contributed by atoms with van der Waals surface area (Å²) in [6.07, 6.45) is 5.35. The number of nitrogens with zero attached hydrogens (tertiary/aromatic N) is 3. The van der Waals surface area contributed by atoms with Crippen molar-refractivity contribution in [3.63, 3.8) is 0 Å². The highest BCUT2D eigenvalue weighted by Gasteiger charge is 2.08. The number of ether oxygens (including phenoxy) is 1. The first-order chi connectivity index (χ1) is 14.2. The summed E-state index contributed by atoms with van der Waals surface area (Å²) in [5.41, 5.74) is 2.61. The molecule has 0 bridgehead atoms. The van der Waals surface area contributed by atoms with Crippen molar-refractivity contribution in [3.8, 4) is 16.9 Å². The van der Waals surface area contributed by atoms with Gasteiger partial charge in [0.05, 0.1) is 0 Å². The molecule has 4 aromatic rings. The molecule has 0 aliphatic rings. The molecular formula is C23H20N4O2. The fourth-order valence-electron chi connectivity index (χ4n) is 2.84. The van der Waals surface area contributed by atoms with E-state index >= 15 is 0 Å². The number of aromatic nitrogens is 3. The number of hydrogen-bond donors (Lipinski definition) is 1. The first-order valence-corrected chi connectivity index (χ1v) is 9.21. The second-order valence-corrected chi connectivity index (χ2v) is 6.52. The lowest BCUT2D eigenvalue weighted by molar-refractivity contribution is 0.102. The Kier molecular flexibility index (Phi) is 5.33. The summed E-state index contributed by atoms with van der Waals surface area (Å²) < 4.78 is 7.61. The Morgan fingerprint density at radius 3 is 2.41 bits per heavy atom. The molecular weight excluding hydrogens is 364 g/mol. The molecule has 2 aromatic carbocycles. The van der Waals surface area contributed by atoms with Gasteiger partial charge in [0.15, 0.2) is 0 Å². The van der Waals surface area contributed by atoms with Crippen LogP contribution in [0.2, 0.25) is 0 Å². The average Bonchev–Trinajstić information content (AvgIpc) is 3.18. The van der Waals surface area contributed by atoms with Crippen LogP contribution in [-0.4, -0.2) is 20.4 Å². The molecule has 0 spiro atoms. The third-order valence-corrected chi connectivity index (χ3v) is 4.52. The molecule has 0 radical (unpaired) electrons. The quantitative estimate of drug-likeness (QED) is 0.538.